The first-order chi connectivity index (χ1) is 19.1. The molecular weight excluding hydrogens is 478 g/mol. The smallest absolute Gasteiger partial charge is 0.168 e. The van der Waals surface area contributed by atoms with Gasteiger partial charge in [0.15, 0.2) is 5.79 Å². The normalized spacial score (nSPS) is 20.1. The molecule has 3 nitrogen and oxygen atoms in total. The summed E-state index contributed by atoms with van der Waals surface area (Å²) in [4.78, 5) is 2.22. The maximum atomic E-state index is 6.58. The zero-order valence-electron chi connectivity index (χ0n) is 26.8. The maximum Gasteiger partial charge on any atom is 0.168 e. The van der Waals surface area contributed by atoms with Crippen LogP contribution < -0.4 is 0 Å². The van der Waals surface area contributed by atoms with Crippen LogP contribution in [0.5, 0.6) is 0 Å². The highest BCUT2D eigenvalue weighted by molar-refractivity contribution is 4.92. The summed E-state index contributed by atoms with van der Waals surface area (Å²) in [6.45, 7) is 6.19. The first-order valence-corrected chi connectivity index (χ1v) is 17.0. The minimum atomic E-state index is -0.319. The molecule has 0 saturated carbocycles. The van der Waals surface area contributed by atoms with E-state index in [1.165, 1.54) is 116 Å². The van der Waals surface area contributed by atoms with E-state index in [-0.39, 0.29) is 11.9 Å². The number of ether oxygens (including phenoxy) is 2. The lowest BCUT2D eigenvalue weighted by Gasteiger charge is -2.29. The van der Waals surface area contributed by atoms with Crippen molar-refractivity contribution in [3.8, 4) is 0 Å². The molecule has 228 valence electrons. The van der Waals surface area contributed by atoms with E-state index < -0.39 is 0 Å². The standard InChI is InChI=1S/C36H67NO2/c1-5-7-9-11-13-15-17-18-19-20-21-22-24-26-28-30-32-36(38-34-35(39-36)33-37(3)4)31-29-27-25-23-16-14-12-10-8-6-2/h8,10,13,15,18-19,35H,5-7,9,11-12,14,16-17,20-34H2,1-4H3. The third-order valence-corrected chi connectivity index (χ3v) is 7.82. The lowest BCUT2D eigenvalue weighted by atomic mass is 9.98. The molecule has 3 heteroatoms. The van der Waals surface area contributed by atoms with Crippen molar-refractivity contribution in [3.63, 3.8) is 0 Å². The van der Waals surface area contributed by atoms with Crippen molar-refractivity contribution < 1.29 is 9.47 Å². The number of unbranched alkanes of at least 4 members (excludes halogenated alkanes) is 15. The van der Waals surface area contributed by atoms with Crippen molar-refractivity contribution in [2.24, 2.45) is 0 Å². The Morgan fingerprint density at radius 3 is 1.62 bits per heavy atom. The van der Waals surface area contributed by atoms with E-state index in [9.17, 15) is 0 Å². The summed E-state index contributed by atoms with van der Waals surface area (Å²) < 4.78 is 13.0. The monoisotopic (exact) mass is 546 g/mol. The molecule has 0 aromatic carbocycles. The van der Waals surface area contributed by atoms with Gasteiger partial charge in [0.05, 0.1) is 12.7 Å². The molecule has 39 heavy (non-hydrogen) atoms. The molecule has 2 atom stereocenters. The Hall–Kier alpha value is -0.900. The fraction of sp³-hybridized carbons (Fsp3) is 0.833. The van der Waals surface area contributed by atoms with Gasteiger partial charge in [-0.05, 0) is 78.3 Å². The van der Waals surface area contributed by atoms with E-state index in [0.29, 0.717) is 0 Å². The fourth-order valence-corrected chi connectivity index (χ4v) is 5.53. The van der Waals surface area contributed by atoms with E-state index in [2.05, 4.69) is 69.3 Å². The van der Waals surface area contributed by atoms with Gasteiger partial charge in [-0.3, -0.25) is 0 Å². The zero-order chi connectivity index (χ0) is 28.3. The van der Waals surface area contributed by atoms with Gasteiger partial charge >= 0.3 is 0 Å². The largest absolute Gasteiger partial charge is 0.347 e. The van der Waals surface area contributed by atoms with Crippen LogP contribution in [0.25, 0.3) is 0 Å². The summed E-state index contributed by atoms with van der Waals surface area (Å²) in [7, 11) is 4.26. The highest BCUT2D eigenvalue weighted by atomic mass is 16.7. The second-order valence-electron chi connectivity index (χ2n) is 12.1. The highest BCUT2D eigenvalue weighted by Gasteiger charge is 2.40. The second-order valence-corrected chi connectivity index (χ2v) is 12.1. The Bertz CT molecular complexity index is 611. The van der Waals surface area contributed by atoms with E-state index >= 15 is 0 Å². The van der Waals surface area contributed by atoms with Crippen LogP contribution in [0.3, 0.4) is 0 Å². The molecule has 0 radical (unpaired) electrons. The van der Waals surface area contributed by atoms with E-state index in [0.717, 1.165) is 38.8 Å². The van der Waals surface area contributed by atoms with Crippen molar-refractivity contribution >= 4 is 0 Å². The average molecular weight is 546 g/mol. The number of rotatable bonds is 27. The second kappa shape index (κ2) is 26.0. The zero-order valence-corrected chi connectivity index (χ0v) is 26.8. The molecule has 0 bridgehead atoms. The molecule has 1 aliphatic rings. The van der Waals surface area contributed by atoms with Crippen molar-refractivity contribution in [3.05, 3.63) is 36.5 Å². The summed E-state index contributed by atoms with van der Waals surface area (Å²) in [6.07, 6.45) is 42.3. The Labute approximate surface area is 244 Å². The van der Waals surface area contributed by atoms with Gasteiger partial charge in [0, 0.05) is 19.4 Å². The molecule has 0 amide bonds. The number of likely N-dealkylation sites (N-methyl/N-ethyl adjacent to an activating group) is 1. The first kappa shape index (κ1) is 36.1. The molecule has 1 heterocycles. The molecule has 1 fully saturated rings. The quantitative estimate of drug-likeness (QED) is 0.0756. The van der Waals surface area contributed by atoms with Crippen molar-refractivity contribution in [1.82, 2.24) is 4.90 Å². The number of allylic oxidation sites excluding steroid dienone is 6. The SMILES string of the molecule is CCC=CCCCCCCCCC1(CCCCCCCCC=CCC=CCCCCC)OCC(CN(C)C)O1. The topological polar surface area (TPSA) is 21.7 Å². The van der Waals surface area contributed by atoms with Gasteiger partial charge in [-0.25, -0.2) is 0 Å². The van der Waals surface area contributed by atoms with Gasteiger partial charge in [0.1, 0.15) is 0 Å². The van der Waals surface area contributed by atoms with Crippen molar-refractivity contribution in [2.75, 3.05) is 27.2 Å². The third-order valence-electron chi connectivity index (χ3n) is 7.82. The van der Waals surface area contributed by atoms with Crippen LogP contribution in [-0.2, 0) is 9.47 Å². The molecule has 0 N–H and O–H groups in total. The summed E-state index contributed by atoms with van der Waals surface area (Å²) in [5.41, 5.74) is 0. The van der Waals surface area contributed by atoms with Gasteiger partial charge < -0.3 is 14.4 Å². The minimum absolute atomic E-state index is 0.223. The molecule has 0 aliphatic carbocycles. The Balaban J connectivity index is 2.15. The third kappa shape index (κ3) is 21.5. The molecule has 0 spiro atoms. The Morgan fingerprint density at radius 2 is 1.10 bits per heavy atom. The number of nitrogens with zero attached hydrogens (tertiary/aromatic N) is 1. The number of hydrogen-bond donors (Lipinski definition) is 0. The van der Waals surface area contributed by atoms with E-state index in [1.54, 1.807) is 0 Å². The van der Waals surface area contributed by atoms with Crippen LogP contribution in [0.15, 0.2) is 36.5 Å². The average Bonchev–Trinajstić information content (AvgIpc) is 3.31. The van der Waals surface area contributed by atoms with Crippen molar-refractivity contribution in [2.45, 2.75) is 167 Å². The molecule has 1 aliphatic heterocycles. The predicted octanol–water partition coefficient (Wildman–Crippen LogP) is 11.0. The van der Waals surface area contributed by atoms with E-state index in [1.807, 2.05) is 0 Å². The highest BCUT2D eigenvalue weighted by Crippen LogP contribution is 2.35. The van der Waals surface area contributed by atoms with Crippen LogP contribution in [0, 0.1) is 0 Å². The van der Waals surface area contributed by atoms with Crippen LogP contribution in [0.4, 0.5) is 0 Å². The summed E-state index contributed by atoms with van der Waals surface area (Å²) in [6, 6.07) is 0. The summed E-state index contributed by atoms with van der Waals surface area (Å²) in [5.74, 6) is -0.319. The van der Waals surface area contributed by atoms with Crippen LogP contribution in [0.1, 0.15) is 155 Å². The first-order valence-electron chi connectivity index (χ1n) is 17.0. The van der Waals surface area contributed by atoms with Gasteiger partial charge in [-0.15, -0.1) is 0 Å². The van der Waals surface area contributed by atoms with Crippen LogP contribution in [-0.4, -0.2) is 44.0 Å². The van der Waals surface area contributed by atoms with Gasteiger partial charge in [-0.2, -0.15) is 0 Å². The van der Waals surface area contributed by atoms with Crippen LogP contribution >= 0.6 is 0 Å². The fourth-order valence-electron chi connectivity index (χ4n) is 5.53. The summed E-state index contributed by atoms with van der Waals surface area (Å²) >= 11 is 0. The maximum absolute atomic E-state index is 6.58. The lowest BCUT2D eigenvalue weighted by Crippen LogP contribution is -2.33. The molecule has 2 unspecified atom stereocenters. The lowest BCUT2D eigenvalue weighted by molar-refractivity contribution is -0.180. The molecular formula is C36H67NO2. The van der Waals surface area contributed by atoms with Crippen molar-refractivity contribution in [1.29, 1.82) is 0 Å². The number of hydrogen-bond acceptors (Lipinski definition) is 3. The predicted molar refractivity (Wildman–Crippen MR) is 172 cm³/mol. The van der Waals surface area contributed by atoms with Crippen LogP contribution in [0.2, 0.25) is 0 Å². The molecule has 1 rings (SSSR count). The van der Waals surface area contributed by atoms with E-state index in [4.69, 9.17) is 9.47 Å². The van der Waals surface area contributed by atoms with Gasteiger partial charge in [-0.1, -0.05) is 115 Å². The Kier molecular flexibility index (Phi) is 24.1. The Morgan fingerprint density at radius 1 is 0.615 bits per heavy atom. The molecule has 0 aromatic rings. The molecule has 0 aromatic heterocycles. The van der Waals surface area contributed by atoms with Gasteiger partial charge in [0.2, 0.25) is 0 Å². The minimum Gasteiger partial charge on any atom is -0.347 e. The molecule has 1 saturated heterocycles. The summed E-state index contributed by atoms with van der Waals surface area (Å²) in [5, 5.41) is 0. The van der Waals surface area contributed by atoms with Gasteiger partial charge in [0.25, 0.3) is 0 Å².